The Balaban J connectivity index is 1.73. The molecule has 0 radical (unpaired) electrons. The highest BCUT2D eigenvalue weighted by molar-refractivity contribution is 7.89. The van der Waals surface area contributed by atoms with E-state index < -0.39 is 10.0 Å². The second kappa shape index (κ2) is 6.23. The largest absolute Gasteiger partial charge is 0.490 e. The summed E-state index contributed by atoms with van der Waals surface area (Å²) in [7, 11) is -3.48. The van der Waals surface area contributed by atoms with Gasteiger partial charge in [0.1, 0.15) is 0 Å². The van der Waals surface area contributed by atoms with Gasteiger partial charge < -0.3 is 9.47 Å². The molecule has 116 valence electrons. The van der Waals surface area contributed by atoms with Crippen molar-refractivity contribution in [3.63, 3.8) is 0 Å². The van der Waals surface area contributed by atoms with E-state index in [9.17, 15) is 8.42 Å². The number of hydrogen-bond acceptors (Lipinski definition) is 4. The van der Waals surface area contributed by atoms with Crippen LogP contribution in [0, 0.1) is 5.92 Å². The van der Waals surface area contributed by atoms with Crippen LogP contribution in [0.2, 0.25) is 0 Å². The van der Waals surface area contributed by atoms with Crippen molar-refractivity contribution in [2.75, 3.05) is 19.8 Å². The summed E-state index contributed by atoms with van der Waals surface area (Å²) in [5, 5.41) is 0. The molecule has 0 spiro atoms. The van der Waals surface area contributed by atoms with Gasteiger partial charge in [0.15, 0.2) is 11.5 Å². The average Bonchev–Trinajstić information content (AvgIpc) is 2.89. The number of ether oxygens (including phenoxy) is 2. The van der Waals surface area contributed by atoms with Gasteiger partial charge in [-0.3, -0.25) is 0 Å². The molecule has 0 bridgehead atoms. The maximum absolute atomic E-state index is 12.4. The molecule has 6 heteroatoms. The first kappa shape index (κ1) is 14.7. The highest BCUT2D eigenvalue weighted by Crippen LogP contribution is 2.32. The highest BCUT2D eigenvalue weighted by atomic mass is 32.2. The number of rotatable bonds is 4. The molecule has 0 amide bonds. The van der Waals surface area contributed by atoms with Crippen molar-refractivity contribution < 1.29 is 17.9 Å². The Kier molecular flexibility index (Phi) is 4.35. The second-order valence-corrected chi connectivity index (χ2v) is 7.43. The summed E-state index contributed by atoms with van der Waals surface area (Å²) in [6.45, 7) is 1.67. The Bertz CT molecular complexity index is 594. The standard InChI is InChI=1S/C15H21NO4S/c17-21(18,16-11-12-4-1-2-5-12)13-6-7-14-15(10-13)20-9-3-8-19-14/h6-7,10,12,16H,1-5,8-9,11H2. The van der Waals surface area contributed by atoms with Crippen molar-refractivity contribution in [2.24, 2.45) is 5.92 Å². The van der Waals surface area contributed by atoms with Crippen molar-refractivity contribution in [3.8, 4) is 11.5 Å². The van der Waals surface area contributed by atoms with Gasteiger partial charge in [-0.1, -0.05) is 12.8 Å². The number of fused-ring (bicyclic) bond motifs is 1. The SMILES string of the molecule is O=S(=O)(NCC1CCCC1)c1ccc2c(c1)OCCCO2. The molecule has 21 heavy (non-hydrogen) atoms. The predicted octanol–water partition coefficient (Wildman–Crippen LogP) is 2.32. The maximum atomic E-state index is 12.4. The molecule has 0 saturated heterocycles. The Morgan fingerprint density at radius 2 is 1.76 bits per heavy atom. The smallest absolute Gasteiger partial charge is 0.240 e. The van der Waals surface area contributed by atoms with Crippen LogP contribution in [0.1, 0.15) is 32.1 Å². The minimum absolute atomic E-state index is 0.241. The van der Waals surface area contributed by atoms with Crippen LogP contribution >= 0.6 is 0 Å². The third-order valence-electron chi connectivity index (χ3n) is 4.07. The number of hydrogen-bond donors (Lipinski definition) is 1. The molecule has 1 aliphatic carbocycles. The van der Waals surface area contributed by atoms with E-state index in [0.29, 0.717) is 37.2 Å². The van der Waals surface area contributed by atoms with Crippen molar-refractivity contribution >= 4 is 10.0 Å². The molecule has 0 atom stereocenters. The van der Waals surface area contributed by atoms with E-state index in [2.05, 4.69) is 4.72 Å². The van der Waals surface area contributed by atoms with E-state index in [4.69, 9.17) is 9.47 Å². The first-order chi connectivity index (χ1) is 10.1. The molecule has 1 fully saturated rings. The zero-order valence-electron chi connectivity index (χ0n) is 12.0. The van der Waals surface area contributed by atoms with Crippen LogP contribution in [0.25, 0.3) is 0 Å². The van der Waals surface area contributed by atoms with Gasteiger partial charge in [0, 0.05) is 19.0 Å². The highest BCUT2D eigenvalue weighted by Gasteiger charge is 2.21. The second-order valence-electron chi connectivity index (χ2n) is 5.66. The zero-order chi connectivity index (χ0) is 14.7. The minimum Gasteiger partial charge on any atom is -0.490 e. The van der Waals surface area contributed by atoms with E-state index >= 15 is 0 Å². The van der Waals surface area contributed by atoms with Crippen molar-refractivity contribution in [1.29, 1.82) is 0 Å². The van der Waals surface area contributed by atoms with Crippen LogP contribution in [0.15, 0.2) is 23.1 Å². The lowest BCUT2D eigenvalue weighted by Gasteiger charge is -2.13. The Morgan fingerprint density at radius 3 is 2.52 bits per heavy atom. The number of sulfonamides is 1. The molecule has 1 saturated carbocycles. The van der Waals surface area contributed by atoms with Gasteiger partial charge >= 0.3 is 0 Å². The van der Waals surface area contributed by atoms with Crippen LogP contribution in [0.5, 0.6) is 11.5 Å². The number of nitrogens with one attached hydrogen (secondary N) is 1. The first-order valence-corrected chi connectivity index (χ1v) is 9.03. The van der Waals surface area contributed by atoms with Crippen LogP contribution in [-0.4, -0.2) is 28.2 Å². The Hall–Kier alpha value is -1.27. The monoisotopic (exact) mass is 311 g/mol. The van der Waals surface area contributed by atoms with Gasteiger partial charge in [-0.2, -0.15) is 0 Å². The van der Waals surface area contributed by atoms with Crippen molar-refractivity contribution in [2.45, 2.75) is 37.0 Å². The summed E-state index contributed by atoms with van der Waals surface area (Å²) in [5.41, 5.74) is 0. The molecule has 1 aliphatic heterocycles. The quantitative estimate of drug-likeness (QED) is 0.927. The molecule has 0 unspecified atom stereocenters. The van der Waals surface area contributed by atoms with E-state index in [1.54, 1.807) is 18.2 Å². The molecule has 5 nitrogen and oxygen atoms in total. The first-order valence-electron chi connectivity index (χ1n) is 7.54. The topological polar surface area (TPSA) is 64.6 Å². The molecular weight excluding hydrogens is 290 g/mol. The summed E-state index contributed by atoms with van der Waals surface area (Å²) in [6, 6.07) is 4.80. The van der Waals surface area contributed by atoms with Gasteiger partial charge in [-0.15, -0.1) is 0 Å². The molecule has 1 aromatic rings. The fourth-order valence-electron chi connectivity index (χ4n) is 2.84. The molecule has 3 rings (SSSR count). The summed E-state index contributed by atoms with van der Waals surface area (Å²) in [5.74, 6) is 1.60. The predicted molar refractivity (Wildman–Crippen MR) is 79.2 cm³/mol. The van der Waals surface area contributed by atoms with Gasteiger partial charge in [0.05, 0.1) is 18.1 Å². The third-order valence-corrected chi connectivity index (χ3v) is 5.49. The summed E-state index contributed by atoms with van der Waals surface area (Å²) in [6.07, 6.45) is 5.44. The Morgan fingerprint density at radius 1 is 1.05 bits per heavy atom. The normalized spacial score (nSPS) is 19.4. The van der Waals surface area contributed by atoms with E-state index in [-0.39, 0.29) is 4.90 Å². The van der Waals surface area contributed by atoms with Crippen molar-refractivity contribution in [3.05, 3.63) is 18.2 Å². The van der Waals surface area contributed by atoms with Gasteiger partial charge in [-0.05, 0) is 30.9 Å². The van der Waals surface area contributed by atoms with Gasteiger partial charge in [0.25, 0.3) is 0 Å². The van der Waals surface area contributed by atoms with E-state index in [1.807, 2.05) is 0 Å². The lowest BCUT2D eigenvalue weighted by molar-refractivity contribution is 0.297. The zero-order valence-corrected chi connectivity index (χ0v) is 12.8. The maximum Gasteiger partial charge on any atom is 0.240 e. The van der Waals surface area contributed by atoms with Crippen LogP contribution in [0.3, 0.4) is 0 Å². The molecule has 1 heterocycles. The van der Waals surface area contributed by atoms with Gasteiger partial charge in [0.2, 0.25) is 10.0 Å². The average molecular weight is 311 g/mol. The van der Waals surface area contributed by atoms with Crippen LogP contribution in [0.4, 0.5) is 0 Å². The summed E-state index contributed by atoms with van der Waals surface area (Å²) < 4.78 is 38.5. The van der Waals surface area contributed by atoms with Crippen LogP contribution < -0.4 is 14.2 Å². The lowest BCUT2D eigenvalue weighted by atomic mass is 10.1. The van der Waals surface area contributed by atoms with Crippen molar-refractivity contribution in [1.82, 2.24) is 4.72 Å². The lowest BCUT2D eigenvalue weighted by Crippen LogP contribution is -2.28. The fraction of sp³-hybridized carbons (Fsp3) is 0.600. The molecule has 1 aromatic carbocycles. The summed E-state index contributed by atoms with van der Waals surface area (Å²) >= 11 is 0. The molecule has 2 aliphatic rings. The molecular formula is C15H21NO4S. The molecule has 1 N–H and O–H groups in total. The fourth-order valence-corrected chi connectivity index (χ4v) is 3.97. The third kappa shape index (κ3) is 3.49. The Labute approximate surface area is 125 Å². The van der Waals surface area contributed by atoms with Crippen LogP contribution in [-0.2, 0) is 10.0 Å². The van der Waals surface area contributed by atoms with E-state index in [1.165, 1.54) is 12.8 Å². The van der Waals surface area contributed by atoms with E-state index in [0.717, 1.165) is 19.3 Å². The van der Waals surface area contributed by atoms with Gasteiger partial charge in [-0.25, -0.2) is 13.1 Å². The summed E-state index contributed by atoms with van der Waals surface area (Å²) in [4.78, 5) is 0.241. The molecule has 0 aromatic heterocycles. The minimum atomic E-state index is -3.48. The number of benzene rings is 1.